The van der Waals surface area contributed by atoms with Gasteiger partial charge in [0.1, 0.15) is 0 Å². The van der Waals surface area contributed by atoms with Crippen LogP contribution >= 0.6 is 11.8 Å². The van der Waals surface area contributed by atoms with Gasteiger partial charge in [0.2, 0.25) is 0 Å². The molecule has 1 atom stereocenters. The first-order chi connectivity index (χ1) is 6.13. The first-order valence-electron chi connectivity index (χ1n) is 5.17. The van der Waals surface area contributed by atoms with Crippen molar-refractivity contribution in [2.75, 3.05) is 32.6 Å². The SMILES string of the molecule is CCN1CSC(CN(C)C(C)C)C1. The van der Waals surface area contributed by atoms with Gasteiger partial charge in [-0.2, -0.15) is 0 Å². The van der Waals surface area contributed by atoms with Crippen LogP contribution in [0.15, 0.2) is 0 Å². The van der Waals surface area contributed by atoms with Crippen molar-refractivity contribution in [1.29, 1.82) is 0 Å². The average molecular weight is 202 g/mol. The lowest BCUT2D eigenvalue weighted by molar-refractivity contribution is 0.259. The molecule has 1 aliphatic heterocycles. The van der Waals surface area contributed by atoms with E-state index in [0.29, 0.717) is 6.04 Å². The molecule has 13 heavy (non-hydrogen) atoms. The number of hydrogen-bond acceptors (Lipinski definition) is 3. The molecular weight excluding hydrogens is 180 g/mol. The third-order valence-corrected chi connectivity index (χ3v) is 4.06. The summed E-state index contributed by atoms with van der Waals surface area (Å²) in [6, 6.07) is 0.677. The number of rotatable bonds is 4. The van der Waals surface area contributed by atoms with Crippen LogP contribution in [0.4, 0.5) is 0 Å². The first kappa shape index (κ1) is 11.3. The van der Waals surface area contributed by atoms with Crippen LogP contribution in [0.1, 0.15) is 20.8 Å². The summed E-state index contributed by atoms with van der Waals surface area (Å²) in [5, 5.41) is 0.826. The van der Waals surface area contributed by atoms with E-state index in [1.165, 1.54) is 25.5 Å². The summed E-state index contributed by atoms with van der Waals surface area (Å²) < 4.78 is 0. The van der Waals surface area contributed by atoms with Crippen molar-refractivity contribution in [3.63, 3.8) is 0 Å². The smallest absolute Gasteiger partial charge is 0.0448 e. The van der Waals surface area contributed by atoms with Crippen LogP contribution in [-0.4, -0.2) is 53.7 Å². The van der Waals surface area contributed by atoms with Gasteiger partial charge >= 0.3 is 0 Å². The average Bonchev–Trinajstić information content (AvgIpc) is 2.52. The zero-order chi connectivity index (χ0) is 9.84. The molecule has 1 unspecified atom stereocenters. The van der Waals surface area contributed by atoms with Crippen LogP contribution < -0.4 is 0 Å². The van der Waals surface area contributed by atoms with Crippen LogP contribution in [0.5, 0.6) is 0 Å². The topological polar surface area (TPSA) is 6.48 Å². The summed E-state index contributed by atoms with van der Waals surface area (Å²) >= 11 is 2.11. The molecule has 0 N–H and O–H groups in total. The van der Waals surface area contributed by atoms with E-state index in [9.17, 15) is 0 Å². The van der Waals surface area contributed by atoms with Crippen molar-refractivity contribution in [2.24, 2.45) is 0 Å². The molecule has 0 spiro atoms. The van der Waals surface area contributed by atoms with Gasteiger partial charge in [0.25, 0.3) is 0 Å². The summed E-state index contributed by atoms with van der Waals surface area (Å²) in [4.78, 5) is 4.96. The summed E-state index contributed by atoms with van der Waals surface area (Å²) in [6.45, 7) is 10.5. The van der Waals surface area contributed by atoms with Crippen molar-refractivity contribution in [1.82, 2.24) is 9.80 Å². The van der Waals surface area contributed by atoms with Gasteiger partial charge in [-0.15, -0.1) is 11.8 Å². The lowest BCUT2D eigenvalue weighted by Gasteiger charge is -2.24. The molecule has 1 aliphatic rings. The molecule has 1 heterocycles. The Morgan fingerprint density at radius 1 is 1.54 bits per heavy atom. The van der Waals surface area contributed by atoms with Crippen LogP contribution in [-0.2, 0) is 0 Å². The Kier molecular flexibility index (Phi) is 4.56. The normalized spacial score (nSPS) is 24.9. The molecule has 0 amide bonds. The summed E-state index contributed by atoms with van der Waals surface area (Å²) in [5.74, 6) is 1.23. The quantitative estimate of drug-likeness (QED) is 0.685. The fraction of sp³-hybridized carbons (Fsp3) is 1.00. The highest BCUT2D eigenvalue weighted by Crippen LogP contribution is 2.22. The first-order valence-corrected chi connectivity index (χ1v) is 6.22. The Morgan fingerprint density at radius 3 is 2.69 bits per heavy atom. The third kappa shape index (κ3) is 3.49. The molecule has 0 aromatic rings. The molecule has 1 fully saturated rings. The maximum atomic E-state index is 2.52. The number of hydrogen-bond donors (Lipinski definition) is 0. The van der Waals surface area contributed by atoms with Crippen LogP contribution in [0.2, 0.25) is 0 Å². The molecule has 0 aromatic carbocycles. The van der Waals surface area contributed by atoms with Crippen LogP contribution in [0, 0.1) is 0 Å². The van der Waals surface area contributed by atoms with Crippen molar-refractivity contribution in [2.45, 2.75) is 32.1 Å². The molecule has 0 bridgehead atoms. The minimum absolute atomic E-state index is 0.677. The number of nitrogens with zero attached hydrogens (tertiary/aromatic N) is 2. The Labute approximate surface area is 86.7 Å². The lowest BCUT2D eigenvalue weighted by atomic mass is 10.3. The van der Waals surface area contributed by atoms with E-state index in [2.05, 4.69) is 49.4 Å². The Balaban J connectivity index is 2.23. The van der Waals surface area contributed by atoms with Crippen LogP contribution in [0.25, 0.3) is 0 Å². The molecule has 2 nitrogen and oxygen atoms in total. The predicted molar refractivity (Wildman–Crippen MR) is 61.3 cm³/mol. The van der Waals surface area contributed by atoms with E-state index >= 15 is 0 Å². The van der Waals surface area contributed by atoms with Crippen molar-refractivity contribution in [3.05, 3.63) is 0 Å². The fourth-order valence-corrected chi connectivity index (χ4v) is 2.83. The molecule has 1 saturated heterocycles. The molecule has 3 heteroatoms. The second kappa shape index (κ2) is 5.23. The third-order valence-electron chi connectivity index (χ3n) is 2.78. The van der Waals surface area contributed by atoms with Gasteiger partial charge in [-0.1, -0.05) is 6.92 Å². The molecular formula is C10H22N2S. The van der Waals surface area contributed by atoms with Gasteiger partial charge in [0, 0.05) is 30.3 Å². The van der Waals surface area contributed by atoms with Gasteiger partial charge in [0.05, 0.1) is 0 Å². The number of thioether (sulfide) groups is 1. The van der Waals surface area contributed by atoms with E-state index < -0.39 is 0 Å². The Bertz CT molecular complexity index is 150. The minimum atomic E-state index is 0.677. The molecule has 0 aliphatic carbocycles. The molecule has 78 valence electrons. The van der Waals surface area contributed by atoms with E-state index in [4.69, 9.17) is 0 Å². The monoisotopic (exact) mass is 202 g/mol. The van der Waals surface area contributed by atoms with Crippen molar-refractivity contribution >= 4 is 11.8 Å². The highest BCUT2D eigenvalue weighted by atomic mass is 32.2. The van der Waals surface area contributed by atoms with Crippen molar-refractivity contribution < 1.29 is 0 Å². The Morgan fingerprint density at radius 2 is 2.23 bits per heavy atom. The predicted octanol–water partition coefficient (Wildman–Crippen LogP) is 1.72. The van der Waals surface area contributed by atoms with Crippen LogP contribution in [0.3, 0.4) is 0 Å². The molecule has 1 rings (SSSR count). The Hall–Kier alpha value is 0.270. The molecule has 0 aromatic heterocycles. The lowest BCUT2D eigenvalue weighted by Crippen LogP contribution is -2.34. The minimum Gasteiger partial charge on any atom is -0.303 e. The van der Waals surface area contributed by atoms with Gasteiger partial charge < -0.3 is 4.90 Å². The van der Waals surface area contributed by atoms with Gasteiger partial charge in [0.15, 0.2) is 0 Å². The zero-order valence-corrected chi connectivity index (χ0v) is 10.1. The maximum Gasteiger partial charge on any atom is 0.0448 e. The van der Waals surface area contributed by atoms with Crippen molar-refractivity contribution in [3.8, 4) is 0 Å². The molecule has 0 radical (unpaired) electrons. The van der Waals surface area contributed by atoms with Gasteiger partial charge in [-0.3, -0.25) is 4.90 Å². The zero-order valence-electron chi connectivity index (χ0n) is 9.29. The second-order valence-corrected chi connectivity index (χ2v) is 5.38. The highest BCUT2D eigenvalue weighted by molar-refractivity contribution is 8.00. The fourth-order valence-electron chi connectivity index (χ4n) is 1.47. The standard InChI is InChI=1S/C10H22N2S/c1-5-12-7-10(13-8-12)6-11(4)9(2)3/h9-10H,5-8H2,1-4H3. The summed E-state index contributed by atoms with van der Waals surface area (Å²) in [5.41, 5.74) is 0. The van der Waals surface area contributed by atoms with Gasteiger partial charge in [-0.05, 0) is 27.4 Å². The van der Waals surface area contributed by atoms with E-state index in [1.54, 1.807) is 0 Å². The highest BCUT2D eigenvalue weighted by Gasteiger charge is 2.23. The van der Waals surface area contributed by atoms with E-state index in [1.807, 2.05) is 0 Å². The van der Waals surface area contributed by atoms with E-state index in [-0.39, 0.29) is 0 Å². The largest absolute Gasteiger partial charge is 0.303 e. The van der Waals surface area contributed by atoms with E-state index in [0.717, 1.165) is 5.25 Å². The summed E-state index contributed by atoms with van der Waals surface area (Å²) in [7, 11) is 2.22. The second-order valence-electron chi connectivity index (χ2n) is 4.12. The summed E-state index contributed by atoms with van der Waals surface area (Å²) in [6.07, 6.45) is 0. The molecule has 0 saturated carbocycles. The maximum absolute atomic E-state index is 2.52. The van der Waals surface area contributed by atoms with Gasteiger partial charge in [-0.25, -0.2) is 0 Å².